The number of carbonyl (C=O) groups is 3. The van der Waals surface area contributed by atoms with E-state index in [4.69, 9.17) is 29.4 Å². The van der Waals surface area contributed by atoms with Gasteiger partial charge in [-0.2, -0.15) is 0 Å². The molecule has 0 aromatic rings. The van der Waals surface area contributed by atoms with Crippen LogP contribution in [0.25, 0.3) is 0 Å². The number of hydrogen-bond acceptors (Lipinski definition) is 14. The molecule has 2 heterocycles. The Labute approximate surface area is 299 Å². The lowest BCUT2D eigenvalue weighted by Crippen LogP contribution is -2.66. The highest BCUT2D eigenvalue weighted by Crippen LogP contribution is 2.32. The summed E-state index contributed by atoms with van der Waals surface area (Å²) in [4.78, 5) is 38.2. The number of ether oxygens (including phenoxy) is 5. The molecule has 296 valence electrons. The third kappa shape index (κ3) is 12.8. The molecule has 10 N–H and O–H groups in total. The van der Waals surface area contributed by atoms with Gasteiger partial charge in [0.25, 0.3) is 0 Å². The van der Waals surface area contributed by atoms with Crippen LogP contribution in [0.15, 0.2) is 0 Å². The Morgan fingerprint density at radius 3 is 2.27 bits per heavy atom. The second-order valence-electron chi connectivity index (χ2n) is 14.0. The monoisotopic (exact) mass is 735 g/mol. The summed E-state index contributed by atoms with van der Waals surface area (Å²) in [5.41, 5.74) is 5.61. The third-order valence-electron chi connectivity index (χ3n) is 9.94. The molecule has 0 radical (unpaired) electrons. The van der Waals surface area contributed by atoms with Crippen LogP contribution in [0.1, 0.15) is 85.0 Å². The lowest BCUT2D eigenvalue weighted by molar-refractivity contribution is -0.316. The van der Waals surface area contributed by atoms with E-state index in [2.05, 4.69) is 10.6 Å². The number of amides is 2. The predicted octanol–water partition coefficient (Wildman–Crippen LogP) is -1.12. The van der Waals surface area contributed by atoms with Gasteiger partial charge in [-0.1, -0.05) is 51.9 Å². The largest absolute Gasteiger partial charge is 0.479 e. The number of hydrogen-bond donors (Lipinski definition) is 9. The zero-order valence-electron chi connectivity index (χ0n) is 30.0. The van der Waals surface area contributed by atoms with Crippen molar-refractivity contribution in [3.63, 3.8) is 0 Å². The van der Waals surface area contributed by atoms with Crippen molar-refractivity contribution in [2.75, 3.05) is 26.3 Å². The van der Waals surface area contributed by atoms with Gasteiger partial charge in [0, 0.05) is 25.9 Å². The van der Waals surface area contributed by atoms with Crippen LogP contribution in [0, 0.1) is 11.8 Å². The first-order chi connectivity index (χ1) is 24.3. The summed E-state index contributed by atoms with van der Waals surface area (Å²) in [7, 11) is 0. The average molecular weight is 736 g/mol. The Morgan fingerprint density at radius 1 is 0.961 bits per heavy atom. The number of aliphatic hydroxyl groups is 5. The minimum atomic E-state index is -1.62. The number of unbranched alkanes of at least 4 members (excludes halogenated alkanes) is 1. The SMILES string of the molecule is CCCCC(C[C@H](COC1O[C@@H](C)C(O)[C@H](O)[C@@H]1O)O[C@@H]1O[C@@H](CO)[C@H](O)C(O[C@@H](CC2CCCCC2)C(=O)O)C1NC(C)=O)C(=O)NCCN. The van der Waals surface area contributed by atoms with Gasteiger partial charge in [-0.15, -0.1) is 0 Å². The number of carboxylic acid groups (broad SMARTS) is 1. The molecule has 17 heteroatoms. The van der Waals surface area contributed by atoms with Crippen molar-refractivity contribution in [3.8, 4) is 0 Å². The Morgan fingerprint density at radius 2 is 1.67 bits per heavy atom. The van der Waals surface area contributed by atoms with E-state index >= 15 is 0 Å². The van der Waals surface area contributed by atoms with Crippen LogP contribution in [-0.2, 0) is 38.1 Å². The second kappa shape index (κ2) is 21.6. The van der Waals surface area contributed by atoms with Gasteiger partial charge in [-0.3, -0.25) is 9.59 Å². The molecule has 0 spiro atoms. The second-order valence-corrected chi connectivity index (χ2v) is 14.0. The topological polar surface area (TPSA) is 269 Å². The van der Waals surface area contributed by atoms with Gasteiger partial charge < -0.3 is 70.7 Å². The molecule has 1 saturated carbocycles. The van der Waals surface area contributed by atoms with Gasteiger partial charge in [0.15, 0.2) is 18.7 Å². The van der Waals surface area contributed by atoms with Crippen LogP contribution in [0.5, 0.6) is 0 Å². The summed E-state index contributed by atoms with van der Waals surface area (Å²) in [5.74, 6) is -2.60. The maximum Gasteiger partial charge on any atom is 0.332 e. The van der Waals surface area contributed by atoms with Crippen LogP contribution in [0.3, 0.4) is 0 Å². The number of carboxylic acids is 1. The van der Waals surface area contributed by atoms with Crippen LogP contribution in [-0.4, -0.2) is 148 Å². The molecule has 17 nitrogen and oxygen atoms in total. The molecule has 0 aromatic heterocycles. The van der Waals surface area contributed by atoms with Crippen molar-refractivity contribution in [1.82, 2.24) is 10.6 Å². The first kappa shape index (κ1) is 43.4. The van der Waals surface area contributed by atoms with Crippen LogP contribution in [0.4, 0.5) is 0 Å². The number of aliphatic carboxylic acids is 1. The van der Waals surface area contributed by atoms with Crippen molar-refractivity contribution in [2.45, 2.75) is 159 Å². The summed E-state index contributed by atoms with van der Waals surface area (Å²) >= 11 is 0. The van der Waals surface area contributed by atoms with Crippen molar-refractivity contribution in [1.29, 1.82) is 0 Å². The van der Waals surface area contributed by atoms with Gasteiger partial charge in [-0.25, -0.2) is 4.79 Å². The molecule has 3 fully saturated rings. The molecule has 0 bridgehead atoms. The van der Waals surface area contributed by atoms with Crippen molar-refractivity contribution >= 4 is 17.8 Å². The molecule has 2 aliphatic heterocycles. The predicted molar refractivity (Wildman–Crippen MR) is 180 cm³/mol. The number of nitrogens with one attached hydrogen (secondary N) is 2. The smallest absolute Gasteiger partial charge is 0.332 e. The zero-order valence-corrected chi connectivity index (χ0v) is 30.0. The number of rotatable bonds is 20. The van der Waals surface area contributed by atoms with E-state index in [0.29, 0.717) is 12.8 Å². The van der Waals surface area contributed by atoms with E-state index < -0.39 is 98.0 Å². The van der Waals surface area contributed by atoms with Gasteiger partial charge in [0.2, 0.25) is 11.8 Å². The Kier molecular flexibility index (Phi) is 18.4. The van der Waals surface area contributed by atoms with E-state index in [1.165, 1.54) is 13.8 Å². The quantitative estimate of drug-likeness (QED) is 0.0717. The van der Waals surface area contributed by atoms with E-state index in [-0.39, 0.29) is 44.4 Å². The summed E-state index contributed by atoms with van der Waals surface area (Å²) in [6, 6.07) is -1.27. The maximum atomic E-state index is 13.2. The standard InChI is InChI=1S/C34H61N3O14/c1-4-5-11-21(31(44)36-13-12-35)15-22(17-47-34-29(43)28(42)26(40)18(2)48-34)49-33-25(37-19(3)39)30(27(41)24(16-38)51-33)50-23(32(45)46)14-20-9-7-6-8-10-20/h18,20-30,33-34,38,40-43H,4-17,35H2,1-3H3,(H,36,44)(H,37,39)(H,45,46)/t18-,21?,22+,23-,24-,25?,26?,27-,28-,29-,30?,33+,34?/m0/s1. The minimum absolute atomic E-state index is 0.0317. The average Bonchev–Trinajstić information content (AvgIpc) is 3.10. The number of nitrogens with two attached hydrogens (primary N) is 1. The van der Waals surface area contributed by atoms with Gasteiger partial charge in [-0.05, 0) is 32.1 Å². The number of aliphatic hydroxyl groups excluding tert-OH is 5. The summed E-state index contributed by atoms with van der Waals surface area (Å²) < 4.78 is 30.0. The highest BCUT2D eigenvalue weighted by Gasteiger charge is 2.50. The highest BCUT2D eigenvalue weighted by molar-refractivity contribution is 5.78. The summed E-state index contributed by atoms with van der Waals surface area (Å²) in [6.07, 6.45) is -8.01. The van der Waals surface area contributed by atoms with Crippen LogP contribution < -0.4 is 16.4 Å². The normalized spacial score (nSPS) is 33.6. The molecular weight excluding hydrogens is 674 g/mol. The number of carbonyl (C=O) groups excluding carboxylic acids is 2. The molecule has 13 atom stereocenters. The van der Waals surface area contributed by atoms with Gasteiger partial charge in [0.05, 0.1) is 25.4 Å². The van der Waals surface area contributed by atoms with E-state index in [0.717, 1.165) is 38.5 Å². The highest BCUT2D eigenvalue weighted by atomic mass is 16.7. The molecule has 2 saturated heterocycles. The van der Waals surface area contributed by atoms with E-state index in [9.17, 15) is 45.0 Å². The minimum Gasteiger partial charge on any atom is -0.479 e. The fourth-order valence-corrected chi connectivity index (χ4v) is 7.03. The fraction of sp³-hybridized carbons (Fsp3) is 0.912. The maximum absolute atomic E-state index is 13.2. The van der Waals surface area contributed by atoms with Gasteiger partial charge >= 0.3 is 5.97 Å². The Balaban J connectivity index is 1.93. The Bertz CT molecular complexity index is 1070. The van der Waals surface area contributed by atoms with E-state index in [1.54, 1.807) is 0 Å². The first-order valence-corrected chi connectivity index (χ1v) is 18.3. The third-order valence-corrected chi connectivity index (χ3v) is 9.94. The van der Waals surface area contributed by atoms with Crippen molar-refractivity contribution < 1.29 is 68.7 Å². The molecule has 1 aliphatic carbocycles. The summed E-state index contributed by atoms with van der Waals surface area (Å²) in [5, 5.41) is 68.2. The summed E-state index contributed by atoms with van der Waals surface area (Å²) in [6.45, 7) is 4.12. The van der Waals surface area contributed by atoms with Crippen molar-refractivity contribution in [3.05, 3.63) is 0 Å². The lowest BCUT2D eigenvalue weighted by atomic mass is 9.85. The molecular formula is C34H61N3O14. The molecule has 3 aliphatic rings. The molecule has 2 amide bonds. The van der Waals surface area contributed by atoms with Crippen LogP contribution in [0.2, 0.25) is 0 Å². The molecule has 51 heavy (non-hydrogen) atoms. The van der Waals surface area contributed by atoms with Crippen LogP contribution >= 0.6 is 0 Å². The van der Waals surface area contributed by atoms with Gasteiger partial charge in [0.1, 0.15) is 42.7 Å². The Hall–Kier alpha value is -2.03. The first-order valence-electron chi connectivity index (χ1n) is 18.3. The molecule has 5 unspecified atom stereocenters. The van der Waals surface area contributed by atoms with E-state index in [1.807, 2.05) is 6.92 Å². The lowest BCUT2D eigenvalue weighted by Gasteiger charge is -2.46. The molecule has 0 aromatic carbocycles. The molecule has 3 rings (SSSR count). The zero-order chi connectivity index (χ0) is 37.7. The fourth-order valence-electron chi connectivity index (χ4n) is 7.03. The van der Waals surface area contributed by atoms with Crippen molar-refractivity contribution in [2.24, 2.45) is 17.6 Å².